The van der Waals surface area contributed by atoms with Crippen LogP contribution < -0.4 is 0 Å². The molecular weight excluding hydrogens is 126 g/mol. The van der Waals surface area contributed by atoms with E-state index in [0.29, 0.717) is 0 Å². The molecule has 0 unspecified atom stereocenters. The van der Waals surface area contributed by atoms with Crippen LogP contribution in [0.1, 0.15) is 0 Å². The molecule has 0 bridgehead atoms. The van der Waals surface area contributed by atoms with Gasteiger partial charge in [-0.3, -0.25) is 0 Å². The molecule has 28 valence electrons. The molecule has 5 heavy (non-hydrogen) atoms. The van der Waals surface area contributed by atoms with E-state index in [1.807, 2.05) is 0 Å². The molecule has 0 heterocycles. The average Bonchev–Trinajstić information content (AvgIpc) is 0.811. The SMILES string of the molecule is [Na].[O]=[Mn]([OH])[OH]. The van der Waals surface area contributed by atoms with Gasteiger partial charge in [0.15, 0.2) is 0 Å². The van der Waals surface area contributed by atoms with Crippen molar-refractivity contribution in [2.75, 3.05) is 0 Å². The minimum atomic E-state index is -3.15. The van der Waals surface area contributed by atoms with Gasteiger partial charge in [-0.05, 0) is 0 Å². The Bertz CT molecular complexity index is 29.9. The molecule has 1 radical (unpaired) electrons. The van der Waals surface area contributed by atoms with Gasteiger partial charge in [-0.1, -0.05) is 0 Å². The van der Waals surface area contributed by atoms with E-state index in [1.165, 1.54) is 0 Å². The van der Waals surface area contributed by atoms with Crippen molar-refractivity contribution < 1.29 is 26.7 Å². The molecule has 0 aliphatic carbocycles. The van der Waals surface area contributed by atoms with Crippen molar-refractivity contribution >= 4 is 29.6 Å². The first kappa shape index (κ1) is 9.53. The van der Waals surface area contributed by atoms with Gasteiger partial charge in [-0.15, -0.1) is 0 Å². The molecule has 0 saturated carbocycles. The van der Waals surface area contributed by atoms with Crippen LogP contribution in [0.5, 0.6) is 0 Å². The standard InChI is InChI=1S/Mn.Na.2H2O.O/h;;2*1H2;/q+2;;;;/p-2. The molecule has 0 aromatic carbocycles. The summed E-state index contributed by atoms with van der Waals surface area (Å²) < 4.78 is 23.1. The van der Waals surface area contributed by atoms with Gasteiger partial charge in [0.2, 0.25) is 0 Å². The van der Waals surface area contributed by atoms with Crippen LogP contribution in [0.3, 0.4) is 0 Å². The van der Waals surface area contributed by atoms with Crippen molar-refractivity contribution in [3.05, 3.63) is 0 Å². The number of rotatable bonds is 0. The Hall–Kier alpha value is 1.24. The van der Waals surface area contributed by atoms with Crippen molar-refractivity contribution in [1.29, 1.82) is 0 Å². The van der Waals surface area contributed by atoms with Crippen LogP contribution in [0.25, 0.3) is 0 Å². The summed E-state index contributed by atoms with van der Waals surface area (Å²) in [5, 5.41) is 0. The molecule has 0 aliphatic heterocycles. The van der Waals surface area contributed by atoms with E-state index in [0.717, 1.165) is 0 Å². The van der Waals surface area contributed by atoms with Gasteiger partial charge in [0, 0.05) is 29.6 Å². The van der Waals surface area contributed by atoms with Crippen LogP contribution >= 0.6 is 0 Å². The quantitative estimate of drug-likeness (QED) is 0.385. The van der Waals surface area contributed by atoms with Crippen molar-refractivity contribution in [3.8, 4) is 0 Å². The van der Waals surface area contributed by atoms with Gasteiger partial charge in [-0.2, -0.15) is 0 Å². The maximum atomic E-state index is 8.74. The average molecular weight is 128 g/mol. The van der Waals surface area contributed by atoms with Crippen LogP contribution in [0.4, 0.5) is 0 Å². The van der Waals surface area contributed by atoms with Crippen molar-refractivity contribution in [3.63, 3.8) is 0 Å². The van der Waals surface area contributed by atoms with Crippen LogP contribution in [-0.4, -0.2) is 37.9 Å². The summed E-state index contributed by atoms with van der Waals surface area (Å²) in [6.45, 7) is 0. The molecule has 3 nitrogen and oxygen atoms in total. The van der Waals surface area contributed by atoms with Gasteiger partial charge >= 0.3 is 26.7 Å². The Labute approximate surface area is 56.0 Å². The van der Waals surface area contributed by atoms with Crippen molar-refractivity contribution in [2.24, 2.45) is 0 Å². The van der Waals surface area contributed by atoms with E-state index in [9.17, 15) is 0 Å². The molecule has 0 aromatic heterocycles. The molecule has 2 N–H and O–H groups in total. The molecule has 0 fully saturated rings. The molecule has 0 rings (SSSR count). The Morgan fingerprint density at radius 2 is 1.40 bits per heavy atom. The van der Waals surface area contributed by atoms with E-state index in [-0.39, 0.29) is 29.6 Å². The third-order valence-corrected chi connectivity index (χ3v) is 0. The number of hydrogen-bond donors (Lipinski definition) is 2. The second kappa shape index (κ2) is 5.24. The van der Waals surface area contributed by atoms with Crippen LogP contribution in [0, 0.1) is 0 Å². The fourth-order valence-electron chi connectivity index (χ4n) is 0. The van der Waals surface area contributed by atoms with Crippen molar-refractivity contribution in [1.82, 2.24) is 0 Å². The first-order valence-corrected chi connectivity index (χ1v) is 2.03. The zero-order valence-electron chi connectivity index (χ0n) is 2.68. The summed E-state index contributed by atoms with van der Waals surface area (Å²) in [7, 11) is 0. The van der Waals surface area contributed by atoms with Gasteiger partial charge < -0.3 is 0 Å². The second-order valence-corrected chi connectivity index (χ2v) is 0.881. The summed E-state index contributed by atoms with van der Waals surface area (Å²) in [5.41, 5.74) is 0. The molecule has 0 atom stereocenters. The molecule has 5 heteroatoms. The van der Waals surface area contributed by atoms with Gasteiger partial charge in [0.25, 0.3) is 0 Å². The Kier molecular flexibility index (Phi) is 9.99. The van der Waals surface area contributed by atoms with Gasteiger partial charge in [0.1, 0.15) is 0 Å². The fraction of sp³-hybridized carbons (Fsp3) is 0. The summed E-state index contributed by atoms with van der Waals surface area (Å²) in [6, 6.07) is 0. The monoisotopic (exact) mass is 128 g/mol. The summed E-state index contributed by atoms with van der Waals surface area (Å²) in [5.74, 6) is 0. The Morgan fingerprint density at radius 1 is 1.40 bits per heavy atom. The second-order valence-electron chi connectivity index (χ2n) is 0.214. The van der Waals surface area contributed by atoms with E-state index in [2.05, 4.69) is 0 Å². The van der Waals surface area contributed by atoms with Crippen molar-refractivity contribution in [2.45, 2.75) is 0 Å². The van der Waals surface area contributed by atoms with E-state index < -0.39 is 14.5 Å². The molecule has 0 spiro atoms. The maximum absolute atomic E-state index is 8.74. The summed E-state index contributed by atoms with van der Waals surface area (Å²) in [4.78, 5) is 0. The molecular formula is H2MnNaO3. The third-order valence-electron chi connectivity index (χ3n) is 0. The van der Waals surface area contributed by atoms with E-state index in [4.69, 9.17) is 12.2 Å². The van der Waals surface area contributed by atoms with E-state index in [1.54, 1.807) is 0 Å². The van der Waals surface area contributed by atoms with Crippen LogP contribution in [-0.2, 0) is 18.3 Å². The minimum absolute atomic E-state index is 0. The first-order chi connectivity index (χ1) is 1.73. The zero-order chi connectivity index (χ0) is 3.58. The molecule has 0 amide bonds. The molecule has 0 saturated heterocycles. The Morgan fingerprint density at radius 3 is 1.40 bits per heavy atom. The topological polar surface area (TPSA) is 57.5 Å². The zero-order valence-corrected chi connectivity index (χ0v) is 5.86. The number of hydrogen-bond acceptors (Lipinski definition) is 1. The normalized spacial score (nSPS) is 7.00. The Balaban J connectivity index is 0. The fourth-order valence-corrected chi connectivity index (χ4v) is 0. The summed E-state index contributed by atoms with van der Waals surface area (Å²) >= 11 is -3.15. The van der Waals surface area contributed by atoms with E-state index >= 15 is 0 Å². The van der Waals surface area contributed by atoms with Crippen LogP contribution in [0.2, 0.25) is 0 Å². The van der Waals surface area contributed by atoms with Gasteiger partial charge in [-0.25, -0.2) is 0 Å². The van der Waals surface area contributed by atoms with Gasteiger partial charge in [0.05, 0.1) is 0 Å². The summed E-state index contributed by atoms with van der Waals surface area (Å²) in [6.07, 6.45) is 0. The molecule has 0 aliphatic rings. The molecule has 0 aromatic rings. The first-order valence-electron chi connectivity index (χ1n) is 0.492. The third kappa shape index (κ3) is 35.8. The predicted molar refractivity (Wildman–Crippen MR) is 10.9 cm³/mol. The predicted octanol–water partition coefficient (Wildman–Crippen LogP) is -1.62. The van der Waals surface area contributed by atoms with Crippen LogP contribution in [0.15, 0.2) is 0 Å².